The van der Waals surface area contributed by atoms with Crippen LogP contribution in [0, 0.1) is 6.92 Å². The van der Waals surface area contributed by atoms with E-state index in [4.69, 9.17) is 4.74 Å². The summed E-state index contributed by atoms with van der Waals surface area (Å²) in [5, 5.41) is 13.3. The van der Waals surface area contributed by atoms with E-state index in [0.717, 1.165) is 5.56 Å². The Morgan fingerprint density at radius 3 is 2.19 bits per heavy atom. The highest BCUT2D eigenvalue weighted by Crippen LogP contribution is 2.29. The first-order valence-electron chi connectivity index (χ1n) is 10.3. The molecule has 2 aromatic carbocycles. The van der Waals surface area contributed by atoms with Gasteiger partial charge in [0.05, 0.1) is 4.90 Å². The number of sulfonamides is 1. The maximum absolute atomic E-state index is 12.9. The van der Waals surface area contributed by atoms with Crippen molar-refractivity contribution in [1.29, 1.82) is 0 Å². The molecule has 2 aromatic rings. The topological polar surface area (TPSA) is 95.9 Å². The van der Waals surface area contributed by atoms with Crippen molar-refractivity contribution in [1.82, 2.24) is 4.31 Å². The SMILES string of the molecule is Cc1ccccc1S(=O)(=O)N1CCC(O)(OC(=O)Nc2ccc(C(C)(C)C)cc2)CC1. The molecule has 0 aromatic heterocycles. The molecule has 0 unspecified atom stereocenters. The minimum atomic E-state index is -3.67. The average Bonchev–Trinajstić information content (AvgIpc) is 2.68. The first-order chi connectivity index (χ1) is 14.4. The number of rotatable bonds is 4. The zero-order valence-electron chi connectivity index (χ0n) is 18.4. The van der Waals surface area contributed by atoms with Crippen LogP contribution in [0.5, 0.6) is 0 Å². The number of hydrogen-bond acceptors (Lipinski definition) is 5. The third-order valence-corrected chi connectivity index (χ3v) is 7.55. The highest BCUT2D eigenvalue weighted by molar-refractivity contribution is 7.89. The second-order valence-corrected chi connectivity index (χ2v) is 10.9. The largest absolute Gasteiger partial charge is 0.417 e. The van der Waals surface area contributed by atoms with Gasteiger partial charge in [0.2, 0.25) is 15.8 Å². The van der Waals surface area contributed by atoms with Gasteiger partial charge in [-0.3, -0.25) is 5.32 Å². The van der Waals surface area contributed by atoms with Crippen molar-refractivity contribution < 1.29 is 23.1 Å². The number of ether oxygens (including phenoxy) is 1. The smallest absolute Gasteiger partial charge is 0.414 e. The predicted molar refractivity (Wildman–Crippen MR) is 119 cm³/mol. The molecule has 31 heavy (non-hydrogen) atoms. The number of hydrogen-bond donors (Lipinski definition) is 2. The molecule has 168 valence electrons. The Labute approximate surface area is 184 Å². The van der Waals surface area contributed by atoms with Gasteiger partial charge in [-0.15, -0.1) is 0 Å². The molecule has 2 N–H and O–H groups in total. The second-order valence-electron chi connectivity index (χ2n) is 8.96. The van der Waals surface area contributed by atoms with E-state index in [0.29, 0.717) is 11.3 Å². The predicted octanol–water partition coefficient (Wildman–Crippen LogP) is 4.01. The summed E-state index contributed by atoms with van der Waals surface area (Å²) in [6, 6.07) is 14.2. The van der Waals surface area contributed by atoms with Gasteiger partial charge >= 0.3 is 6.09 Å². The summed E-state index contributed by atoms with van der Waals surface area (Å²) in [6.45, 7) is 8.16. The fourth-order valence-electron chi connectivity index (χ4n) is 3.53. The molecule has 1 amide bonds. The Bertz CT molecular complexity index is 1030. The van der Waals surface area contributed by atoms with Gasteiger partial charge in [0.1, 0.15) is 0 Å². The van der Waals surface area contributed by atoms with E-state index in [1.165, 1.54) is 4.31 Å². The van der Waals surface area contributed by atoms with E-state index in [1.54, 1.807) is 43.3 Å². The van der Waals surface area contributed by atoms with Crippen molar-refractivity contribution >= 4 is 21.8 Å². The fraction of sp³-hybridized carbons (Fsp3) is 0.435. The van der Waals surface area contributed by atoms with E-state index in [9.17, 15) is 18.3 Å². The summed E-state index contributed by atoms with van der Waals surface area (Å²) in [6.07, 6.45) is -0.788. The Hall–Kier alpha value is -2.42. The Balaban J connectivity index is 1.59. The number of amides is 1. The lowest BCUT2D eigenvalue weighted by molar-refractivity contribution is -0.180. The summed E-state index contributed by atoms with van der Waals surface area (Å²) in [5.74, 6) is -1.72. The first kappa shape index (κ1) is 23.2. The molecule has 8 heteroatoms. The molecule has 7 nitrogen and oxygen atoms in total. The van der Waals surface area contributed by atoms with Crippen LogP contribution in [0.15, 0.2) is 53.4 Å². The Morgan fingerprint density at radius 2 is 1.65 bits per heavy atom. The van der Waals surface area contributed by atoms with Crippen LogP contribution < -0.4 is 5.32 Å². The number of benzene rings is 2. The van der Waals surface area contributed by atoms with Crippen molar-refractivity contribution in [3.8, 4) is 0 Å². The highest BCUT2D eigenvalue weighted by atomic mass is 32.2. The molecule has 1 aliphatic heterocycles. The van der Waals surface area contributed by atoms with Gasteiger partial charge in [0.15, 0.2) is 0 Å². The third kappa shape index (κ3) is 5.44. The summed E-state index contributed by atoms with van der Waals surface area (Å²) in [5.41, 5.74) is 2.35. The standard InChI is InChI=1S/C23H30N2O5S/c1-17-7-5-6-8-20(17)31(28,29)25-15-13-23(27,14-16-25)30-21(26)24-19-11-9-18(10-12-19)22(2,3)4/h5-12,27H,13-16H2,1-4H3,(H,24,26). The number of nitrogens with one attached hydrogen (secondary N) is 1. The molecular formula is C23H30N2O5S. The van der Waals surface area contributed by atoms with Crippen LogP contribution in [0.25, 0.3) is 0 Å². The van der Waals surface area contributed by atoms with E-state index in [1.807, 2.05) is 12.1 Å². The van der Waals surface area contributed by atoms with Gasteiger partial charge in [0.25, 0.3) is 0 Å². The maximum Gasteiger partial charge on any atom is 0.414 e. The minimum Gasteiger partial charge on any atom is -0.417 e. The Morgan fingerprint density at radius 1 is 1.06 bits per heavy atom. The quantitative estimate of drug-likeness (QED) is 0.692. The van der Waals surface area contributed by atoms with E-state index < -0.39 is 21.9 Å². The number of nitrogens with zero attached hydrogens (tertiary/aromatic N) is 1. The van der Waals surface area contributed by atoms with Gasteiger partial charge in [0, 0.05) is 31.6 Å². The zero-order chi connectivity index (χ0) is 22.9. The molecule has 0 spiro atoms. The van der Waals surface area contributed by atoms with Crippen LogP contribution in [0.2, 0.25) is 0 Å². The van der Waals surface area contributed by atoms with Crippen LogP contribution in [-0.2, 0) is 20.2 Å². The first-order valence-corrected chi connectivity index (χ1v) is 11.7. The number of aryl methyl sites for hydroxylation is 1. The third-order valence-electron chi connectivity index (χ3n) is 5.50. The molecule has 0 radical (unpaired) electrons. The molecule has 0 bridgehead atoms. The Kier molecular flexibility index (Phi) is 6.45. The van der Waals surface area contributed by atoms with E-state index in [2.05, 4.69) is 26.1 Å². The minimum absolute atomic E-state index is 0.000787. The summed E-state index contributed by atoms with van der Waals surface area (Å²) in [4.78, 5) is 12.5. The van der Waals surface area contributed by atoms with E-state index >= 15 is 0 Å². The van der Waals surface area contributed by atoms with Crippen LogP contribution in [0.4, 0.5) is 10.5 Å². The molecule has 0 atom stereocenters. The van der Waals surface area contributed by atoms with Gasteiger partial charge in [-0.1, -0.05) is 51.1 Å². The summed E-state index contributed by atoms with van der Waals surface area (Å²) in [7, 11) is -3.67. The number of anilines is 1. The summed E-state index contributed by atoms with van der Waals surface area (Å²) >= 11 is 0. The normalized spacial score (nSPS) is 17.2. The van der Waals surface area contributed by atoms with Gasteiger partial charge in [-0.2, -0.15) is 4.31 Å². The lowest BCUT2D eigenvalue weighted by Gasteiger charge is -2.36. The van der Waals surface area contributed by atoms with Crippen LogP contribution in [0.3, 0.4) is 0 Å². The van der Waals surface area contributed by atoms with Gasteiger partial charge in [-0.25, -0.2) is 13.2 Å². The van der Waals surface area contributed by atoms with Crippen molar-refractivity contribution in [2.45, 2.75) is 56.6 Å². The van der Waals surface area contributed by atoms with Crippen molar-refractivity contribution in [3.63, 3.8) is 0 Å². The molecule has 3 rings (SSSR count). The van der Waals surface area contributed by atoms with Crippen molar-refractivity contribution in [2.75, 3.05) is 18.4 Å². The molecule has 0 aliphatic carbocycles. The van der Waals surface area contributed by atoms with Crippen LogP contribution >= 0.6 is 0 Å². The molecule has 1 aliphatic rings. The number of aliphatic hydroxyl groups is 1. The number of carbonyl (C=O) groups is 1. The van der Waals surface area contributed by atoms with Crippen LogP contribution in [0.1, 0.15) is 44.7 Å². The number of piperidine rings is 1. The average molecular weight is 447 g/mol. The molecule has 1 saturated heterocycles. The lowest BCUT2D eigenvalue weighted by atomic mass is 9.87. The van der Waals surface area contributed by atoms with Gasteiger partial charge in [-0.05, 0) is 41.7 Å². The maximum atomic E-state index is 12.9. The molecule has 0 saturated carbocycles. The fourth-order valence-corrected chi connectivity index (χ4v) is 5.20. The molecular weight excluding hydrogens is 416 g/mol. The zero-order valence-corrected chi connectivity index (χ0v) is 19.2. The lowest BCUT2D eigenvalue weighted by Crippen LogP contribution is -2.49. The molecule has 1 heterocycles. The van der Waals surface area contributed by atoms with Gasteiger partial charge < -0.3 is 9.84 Å². The van der Waals surface area contributed by atoms with Crippen molar-refractivity contribution in [2.24, 2.45) is 0 Å². The monoisotopic (exact) mass is 446 g/mol. The highest BCUT2D eigenvalue weighted by Gasteiger charge is 2.40. The second kappa shape index (κ2) is 8.61. The van der Waals surface area contributed by atoms with Crippen LogP contribution in [-0.4, -0.2) is 42.8 Å². The summed E-state index contributed by atoms with van der Waals surface area (Å²) < 4.78 is 32.4. The van der Waals surface area contributed by atoms with E-state index in [-0.39, 0.29) is 36.2 Å². The van der Waals surface area contributed by atoms with Crippen molar-refractivity contribution in [3.05, 3.63) is 59.7 Å². The number of carbonyl (C=O) groups excluding carboxylic acids is 1. The molecule has 1 fully saturated rings.